The highest BCUT2D eigenvalue weighted by molar-refractivity contribution is 5.46. The average molecular weight is 363 g/mol. The highest BCUT2D eigenvalue weighted by Gasteiger charge is 2.44. The van der Waals surface area contributed by atoms with E-state index in [1.165, 1.54) is 12.1 Å². The van der Waals surface area contributed by atoms with Gasteiger partial charge in [-0.15, -0.1) is 0 Å². The van der Waals surface area contributed by atoms with Gasteiger partial charge < -0.3 is 14.8 Å². The summed E-state index contributed by atoms with van der Waals surface area (Å²) in [6.45, 7) is 4.00. The minimum atomic E-state index is -4.32. The highest BCUT2D eigenvalue weighted by Crippen LogP contribution is 2.45. The van der Waals surface area contributed by atoms with E-state index in [0.717, 1.165) is 36.4 Å². The number of ether oxygens (including phenoxy) is 2. The minimum Gasteiger partial charge on any atom is -0.491 e. The summed E-state index contributed by atoms with van der Waals surface area (Å²) >= 11 is 0. The van der Waals surface area contributed by atoms with E-state index in [-0.39, 0.29) is 12.1 Å². The van der Waals surface area contributed by atoms with Crippen LogP contribution < -0.4 is 14.8 Å². The zero-order valence-electron chi connectivity index (χ0n) is 14.4. The second kappa shape index (κ2) is 6.20. The molecule has 0 aromatic heterocycles. The summed E-state index contributed by atoms with van der Waals surface area (Å²) in [6, 6.07) is 10.8. The monoisotopic (exact) mass is 363 g/mol. The van der Waals surface area contributed by atoms with Crippen molar-refractivity contribution in [2.24, 2.45) is 0 Å². The second-order valence-electron chi connectivity index (χ2n) is 7.16. The molecule has 4 rings (SSSR count). The summed E-state index contributed by atoms with van der Waals surface area (Å²) in [6.07, 6.45) is -3.27. The third kappa shape index (κ3) is 3.14. The Morgan fingerprint density at radius 3 is 2.69 bits per heavy atom. The van der Waals surface area contributed by atoms with E-state index in [0.29, 0.717) is 23.8 Å². The van der Waals surface area contributed by atoms with Crippen molar-refractivity contribution in [2.75, 3.05) is 13.2 Å². The molecule has 1 saturated heterocycles. The molecule has 2 heterocycles. The SMILES string of the molecule is C[C@@]12COc3ccc(OCc4ccc(C(F)(F)F)cc4)cc3[C@@H]1CCN2. The van der Waals surface area contributed by atoms with Gasteiger partial charge in [-0.25, -0.2) is 0 Å². The molecule has 0 aliphatic carbocycles. The van der Waals surface area contributed by atoms with Gasteiger partial charge >= 0.3 is 6.18 Å². The minimum absolute atomic E-state index is 0.0565. The fraction of sp³-hybridized carbons (Fsp3) is 0.400. The Bertz CT molecular complexity index is 804. The van der Waals surface area contributed by atoms with Crippen LogP contribution in [0.15, 0.2) is 42.5 Å². The number of alkyl halides is 3. The number of hydrogen-bond donors (Lipinski definition) is 1. The van der Waals surface area contributed by atoms with Gasteiger partial charge in [0.25, 0.3) is 0 Å². The zero-order valence-corrected chi connectivity index (χ0v) is 14.4. The van der Waals surface area contributed by atoms with E-state index in [1.807, 2.05) is 18.2 Å². The van der Waals surface area contributed by atoms with Crippen molar-refractivity contribution < 1.29 is 22.6 Å². The van der Waals surface area contributed by atoms with Crippen molar-refractivity contribution in [2.45, 2.75) is 37.6 Å². The van der Waals surface area contributed by atoms with E-state index < -0.39 is 11.7 Å². The lowest BCUT2D eigenvalue weighted by Crippen LogP contribution is -2.48. The Morgan fingerprint density at radius 2 is 1.96 bits per heavy atom. The fourth-order valence-electron chi connectivity index (χ4n) is 3.80. The van der Waals surface area contributed by atoms with Crippen LogP contribution in [-0.4, -0.2) is 18.7 Å². The van der Waals surface area contributed by atoms with Gasteiger partial charge in [0.1, 0.15) is 24.7 Å². The van der Waals surface area contributed by atoms with Crippen LogP contribution in [0.3, 0.4) is 0 Å². The molecule has 26 heavy (non-hydrogen) atoms. The molecule has 2 aliphatic heterocycles. The molecule has 0 unspecified atom stereocenters. The summed E-state index contributed by atoms with van der Waals surface area (Å²) in [5, 5.41) is 3.51. The third-order valence-corrected chi connectivity index (χ3v) is 5.30. The van der Waals surface area contributed by atoms with Gasteiger partial charge in [-0.05, 0) is 55.8 Å². The lowest BCUT2D eigenvalue weighted by atomic mass is 9.80. The van der Waals surface area contributed by atoms with Crippen molar-refractivity contribution in [3.63, 3.8) is 0 Å². The molecule has 3 nitrogen and oxygen atoms in total. The van der Waals surface area contributed by atoms with Gasteiger partial charge in [-0.3, -0.25) is 0 Å². The van der Waals surface area contributed by atoms with E-state index in [1.54, 1.807) is 0 Å². The smallest absolute Gasteiger partial charge is 0.416 e. The van der Waals surface area contributed by atoms with E-state index in [4.69, 9.17) is 9.47 Å². The maximum atomic E-state index is 12.6. The highest BCUT2D eigenvalue weighted by atomic mass is 19.4. The first-order valence-corrected chi connectivity index (χ1v) is 8.66. The maximum Gasteiger partial charge on any atom is 0.416 e. The van der Waals surface area contributed by atoms with Crippen LogP contribution in [0.1, 0.15) is 36.0 Å². The molecule has 0 saturated carbocycles. The van der Waals surface area contributed by atoms with Crippen LogP contribution >= 0.6 is 0 Å². The van der Waals surface area contributed by atoms with Gasteiger partial charge in [-0.1, -0.05) is 12.1 Å². The molecule has 138 valence electrons. The van der Waals surface area contributed by atoms with Gasteiger partial charge in [0.15, 0.2) is 0 Å². The van der Waals surface area contributed by atoms with E-state index in [2.05, 4.69) is 12.2 Å². The summed E-state index contributed by atoms with van der Waals surface area (Å²) in [4.78, 5) is 0. The molecule has 0 bridgehead atoms. The topological polar surface area (TPSA) is 30.5 Å². The van der Waals surface area contributed by atoms with Gasteiger partial charge in [-0.2, -0.15) is 13.2 Å². The van der Waals surface area contributed by atoms with Crippen LogP contribution in [-0.2, 0) is 12.8 Å². The van der Waals surface area contributed by atoms with Crippen molar-refractivity contribution in [3.05, 3.63) is 59.2 Å². The van der Waals surface area contributed by atoms with Gasteiger partial charge in [0.05, 0.1) is 11.1 Å². The molecular formula is C20H20F3NO2. The van der Waals surface area contributed by atoms with Gasteiger partial charge in [0, 0.05) is 11.5 Å². The Morgan fingerprint density at radius 1 is 1.19 bits per heavy atom. The molecule has 0 spiro atoms. The predicted molar refractivity (Wildman–Crippen MR) is 91.5 cm³/mol. The quantitative estimate of drug-likeness (QED) is 0.870. The molecule has 1 fully saturated rings. The fourth-order valence-corrected chi connectivity index (χ4v) is 3.80. The van der Waals surface area contributed by atoms with Crippen LogP contribution in [0.5, 0.6) is 11.5 Å². The molecule has 2 aromatic carbocycles. The molecule has 1 N–H and O–H groups in total. The van der Waals surface area contributed by atoms with Crippen molar-refractivity contribution >= 4 is 0 Å². The van der Waals surface area contributed by atoms with Crippen molar-refractivity contribution in [1.82, 2.24) is 5.32 Å². The van der Waals surface area contributed by atoms with Crippen molar-refractivity contribution in [3.8, 4) is 11.5 Å². The molecule has 2 aliphatic rings. The predicted octanol–water partition coefficient (Wildman–Crippen LogP) is 4.51. The van der Waals surface area contributed by atoms with Crippen LogP contribution in [0.25, 0.3) is 0 Å². The Balaban J connectivity index is 1.48. The summed E-state index contributed by atoms with van der Waals surface area (Å²) in [7, 11) is 0. The number of fused-ring (bicyclic) bond motifs is 3. The second-order valence-corrected chi connectivity index (χ2v) is 7.16. The lowest BCUT2D eigenvalue weighted by Gasteiger charge is -2.37. The standard InChI is InChI=1S/C20H20F3NO2/c1-19-12-26-18-7-6-15(10-16(18)17(19)8-9-24-19)25-11-13-2-4-14(5-3-13)20(21,22)23/h2-7,10,17,24H,8-9,11-12H2,1H3/t17-,19+/m0/s1. The molecule has 0 radical (unpaired) electrons. The Kier molecular flexibility index (Phi) is 4.10. The summed E-state index contributed by atoms with van der Waals surface area (Å²) in [5.41, 5.74) is 1.12. The molecule has 0 amide bonds. The molecule has 2 atom stereocenters. The molecule has 2 aromatic rings. The maximum absolute atomic E-state index is 12.6. The number of halogens is 3. The zero-order chi connectivity index (χ0) is 18.4. The normalized spacial score (nSPS) is 24.5. The summed E-state index contributed by atoms with van der Waals surface area (Å²) in [5.74, 6) is 1.96. The summed E-state index contributed by atoms with van der Waals surface area (Å²) < 4.78 is 49.5. The molecule has 6 heteroatoms. The number of rotatable bonds is 3. The van der Waals surface area contributed by atoms with E-state index >= 15 is 0 Å². The number of nitrogens with one attached hydrogen (secondary N) is 1. The lowest BCUT2D eigenvalue weighted by molar-refractivity contribution is -0.137. The average Bonchev–Trinajstić information content (AvgIpc) is 3.01. The third-order valence-electron chi connectivity index (χ3n) is 5.30. The number of benzene rings is 2. The van der Waals surface area contributed by atoms with Crippen LogP contribution in [0.4, 0.5) is 13.2 Å². The van der Waals surface area contributed by atoms with Crippen LogP contribution in [0.2, 0.25) is 0 Å². The largest absolute Gasteiger partial charge is 0.491 e. The number of hydrogen-bond acceptors (Lipinski definition) is 3. The first-order valence-electron chi connectivity index (χ1n) is 8.66. The first kappa shape index (κ1) is 17.2. The Hall–Kier alpha value is -2.21. The van der Waals surface area contributed by atoms with Crippen molar-refractivity contribution in [1.29, 1.82) is 0 Å². The molecular weight excluding hydrogens is 343 g/mol. The van der Waals surface area contributed by atoms with E-state index in [9.17, 15) is 13.2 Å². The first-order chi connectivity index (χ1) is 12.4. The van der Waals surface area contributed by atoms with Crippen LogP contribution in [0, 0.1) is 0 Å². The Labute approximate surface area is 150 Å². The van der Waals surface area contributed by atoms with Gasteiger partial charge in [0.2, 0.25) is 0 Å².